The summed E-state index contributed by atoms with van der Waals surface area (Å²) in [6, 6.07) is 11.6. The Morgan fingerprint density at radius 2 is 1.79 bits per heavy atom. The number of likely N-dealkylation sites (tertiary alicyclic amines) is 1. The van der Waals surface area contributed by atoms with Crippen LogP contribution in [0.15, 0.2) is 42.5 Å². The number of hydrogen-bond donors (Lipinski definition) is 2. The summed E-state index contributed by atoms with van der Waals surface area (Å²) >= 11 is 1.37. The number of amides is 3. The third kappa shape index (κ3) is 6.42. The Bertz CT molecular complexity index is 1170. The summed E-state index contributed by atoms with van der Waals surface area (Å²) in [4.78, 5) is 60.4. The molecule has 1 aromatic heterocycles. The zero-order chi connectivity index (χ0) is 27.4. The molecular formula is C28H36N4O5S. The van der Waals surface area contributed by atoms with E-state index < -0.39 is 24.2 Å². The summed E-state index contributed by atoms with van der Waals surface area (Å²) in [5.41, 5.74) is 1.03. The molecule has 1 aromatic carbocycles. The van der Waals surface area contributed by atoms with Crippen molar-refractivity contribution in [3.8, 4) is 10.4 Å². The van der Waals surface area contributed by atoms with Gasteiger partial charge in [-0.3, -0.25) is 14.4 Å². The van der Waals surface area contributed by atoms with Crippen LogP contribution in [0.25, 0.3) is 10.4 Å². The lowest BCUT2D eigenvalue weighted by Crippen LogP contribution is -2.52. The molecule has 2 aromatic rings. The van der Waals surface area contributed by atoms with Gasteiger partial charge >= 0.3 is 6.09 Å². The van der Waals surface area contributed by atoms with Gasteiger partial charge in [0.2, 0.25) is 5.91 Å². The molecule has 3 atom stereocenters. The largest absolute Gasteiger partial charge is 0.426 e. The molecule has 2 N–H and O–H groups in total. The molecule has 0 radical (unpaired) electrons. The minimum absolute atomic E-state index is 0.0626. The maximum atomic E-state index is 13.7. The zero-order valence-electron chi connectivity index (χ0n) is 22.3. The van der Waals surface area contributed by atoms with Crippen LogP contribution >= 0.6 is 11.3 Å². The van der Waals surface area contributed by atoms with Crippen LogP contribution < -0.4 is 10.6 Å². The van der Waals surface area contributed by atoms with Crippen LogP contribution in [-0.2, 0) is 14.4 Å². The highest BCUT2D eigenvalue weighted by Gasteiger charge is 2.52. The molecule has 0 bridgehead atoms. The van der Waals surface area contributed by atoms with Gasteiger partial charge in [0.1, 0.15) is 12.1 Å². The van der Waals surface area contributed by atoms with E-state index >= 15 is 0 Å². The molecule has 2 saturated heterocycles. The van der Waals surface area contributed by atoms with Crippen molar-refractivity contribution in [2.45, 2.75) is 58.7 Å². The van der Waals surface area contributed by atoms with Crippen LogP contribution in [0.1, 0.15) is 50.2 Å². The first-order valence-corrected chi connectivity index (χ1v) is 14.0. The summed E-state index contributed by atoms with van der Waals surface area (Å²) in [6.07, 6.45) is 0.349. The number of thiophene rings is 1. The zero-order valence-corrected chi connectivity index (χ0v) is 23.1. The van der Waals surface area contributed by atoms with Gasteiger partial charge in [-0.15, -0.1) is 16.4 Å². The van der Waals surface area contributed by atoms with Crippen molar-refractivity contribution in [2.24, 2.45) is 11.8 Å². The highest BCUT2D eigenvalue weighted by atomic mass is 32.1. The first-order chi connectivity index (χ1) is 18.1. The van der Waals surface area contributed by atoms with Crippen molar-refractivity contribution in [3.05, 3.63) is 47.3 Å². The fourth-order valence-electron chi connectivity index (χ4n) is 4.94. The maximum absolute atomic E-state index is 13.7. The fourth-order valence-corrected chi connectivity index (χ4v) is 5.86. The number of hydroxylamine groups is 2. The Labute approximate surface area is 227 Å². The van der Waals surface area contributed by atoms with E-state index in [0.29, 0.717) is 30.8 Å². The summed E-state index contributed by atoms with van der Waals surface area (Å²) in [7, 11) is 0. The second-order valence-corrected chi connectivity index (χ2v) is 11.8. The first-order valence-electron chi connectivity index (χ1n) is 13.2. The average molecular weight is 541 g/mol. The van der Waals surface area contributed by atoms with Gasteiger partial charge in [0, 0.05) is 18.0 Å². The number of carbonyl (C=O) groups excluding carboxylic acids is 4. The van der Waals surface area contributed by atoms with Crippen molar-refractivity contribution in [1.29, 1.82) is 0 Å². The minimum Gasteiger partial charge on any atom is -0.350 e. The SMILES string of the molecule is CC(C)CNC(=O)ON1CC(=O)C2C1CCN2C(=O)C(CC(C)C)NC(=O)c1ccc(-c2ccccc2)s1. The maximum Gasteiger partial charge on any atom is 0.426 e. The summed E-state index contributed by atoms with van der Waals surface area (Å²) < 4.78 is 0. The highest BCUT2D eigenvalue weighted by Crippen LogP contribution is 2.31. The number of nitrogens with zero attached hydrogens (tertiary/aromatic N) is 2. The Morgan fingerprint density at radius 3 is 2.47 bits per heavy atom. The Hall–Kier alpha value is -3.24. The van der Waals surface area contributed by atoms with Crippen LogP contribution in [0, 0.1) is 11.8 Å². The lowest BCUT2D eigenvalue weighted by atomic mass is 10.0. The molecule has 2 aliphatic rings. The second-order valence-electron chi connectivity index (χ2n) is 10.7. The number of ketones is 1. The van der Waals surface area contributed by atoms with E-state index in [1.54, 1.807) is 11.0 Å². The molecule has 3 amide bonds. The minimum atomic E-state index is -0.763. The highest BCUT2D eigenvalue weighted by molar-refractivity contribution is 7.17. The molecule has 38 heavy (non-hydrogen) atoms. The normalized spacial score (nSPS) is 20.1. The molecule has 0 spiro atoms. The van der Waals surface area contributed by atoms with E-state index in [0.717, 1.165) is 10.4 Å². The summed E-state index contributed by atoms with van der Waals surface area (Å²) in [6.45, 7) is 8.69. The lowest BCUT2D eigenvalue weighted by molar-refractivity contribution is -0.138. The van der Waals surface area contributed by atoms with Crippen LogP contribution in [0.4, 0.5) is 4.79 Å². The topological polar surface area (TPSA) is 108 Å². The number of fused-ring (bicyclic) bond motifs is 1. The van der Waals surface area contributed by atoms with Crippen LogP contribution in [0.2, 0.25) is 0 Å². The monoisotopic (exact) mass is 540 g/mol. The number of hydrogen-bond acceptors (Lipinski definition) is 7. The van der Waals surface area contributed by atoms with E-state index in [-0.39, 0.29) is 36.0 Å². The van der Waals surface area contributed by atoms with Gasteiger partial charge in [0.15, 0.2) is 5.78 Å². The van der Waals surface area contributed by atoms with Crippen molar-refractivity contribution >= 4 is 35.0 Å². The van der Waals surface area contributed by atoms with Gasteiger partial charge in [-0.2, -0.15) is 0 Å². The molecule has 0 aliphatic carbocycles. The van der Waals surface area contributed by atoms with Gasteiger partial charge in [0.05, 0.1) is 17.5 Å². The molecule has 2 fully saturated rings. The Morgan fingerprint density at radius 1 is 1.05 bits per heavy atom. The predicted octanol–water partition coefficient (Wildman–Crippen LogP) is 3.71. The van der Waals surface area contributed by atoms with Crippen LogP contribution in [-0.4, -0.2) is 71.4 Å². The quantitative estimate of drug-likeness (QED) is 0.502. The van der Waals surface area contributed by atoms with Gasteiger partial charge in [-0.1, -0.05) is 58.0 Å². The predicted molar refractivity (Wildman–Crippen MR) is 145 cm³/mol. The second kappa shape index (κ2) is 12.1. The third-order valence-electron chi connectivity index (χ3n) is 6.71. The van der Waals surface area contributed by atoms with Crippen molar-refractivity contribution in [2.75, 3.05) is 19.6 Å². The summed E-state index contributed by atoms with van der Waals surface area (Å²) in [5.74, 6) is -0.342. The van der Waals surface area contributed by atoms with Gasteiger partial charge in [0.25, 0.3) is 5.91 Å². The number of nitrogens with one attached hydrogen (secondary N) is 2. The molecule has 9 nitrogen and oxygen atoms in total. The van der Waals surface area contributed by atoms with E-state index in [9.17, 15) is 19.2 Å². The standard InChI is InChI=1S/C28H36N4O5S/c1-17(2)14-20(30-26(34)24-11-10-23(38-24)19-8-6-5-7-9-19)27(35)31-13-12-21-25(31)22(33)16-32(21)37-28(36)29-15-18(3)4/h5-11,17-18,20-21,25H,12-16H2,1-4H3,(H,29,36)(H,30,34). The fraction of sp³-hybridized carbons (Fsp3) is 0.500. The van der Waals surface area contributed by atoms with Crippen molar-refractivity contribution < 1.29 is 24.0 Å². The third-order valence-corrected chi connectivity index (χ3v) is 7.85. The molecule has 10 heteroatoms. The number of Topliss-reactive ketones (excluding diaryl/α,β-unsaturated/α-hetero) is 1. The smallest absolute Gasteiger partial charge is 0.350 e. The molecule has 204 valence electrons. The van der Waals surface area contributed by atoms with Crippen LogP contribution in [0.5, 0.6) is 0 Å². The molecule has 4 rings (SSSR count). The molecule has 3 unspecified atom stereocenters. The Balaban J connectivity index is 1.43. The Kier molecular flexibility index (Phi) is 8.83. The van der Waals surface area contributed by atoms with Gasteiger partial charge in [-0.25, -0.2) is 4.79 Å². The van der Waals surface area contributed by atoms with Crippen LogP contribution in [0.3, 0.4) is 0 Å². The van der Waals surface area contributed by atoms with E-state index in [1.165, 1.54) is 16.4 Å². The number of carbonyl (C=O) groups is 4. The first kappa shape index (κ1) is 27.8. The molecule has 2 aliphatic heterocycles. The van der Waals surface area contributed by atoms with Gasteiger partial charge in [-0.05, 0) is 42.4 Å². The molecule has 0 saturated carbocycles. The number of benzene rings is 1. The lowest BCUT2D eigenvalue weighted by Gasteiger charge is -2.28. The molecular weight excluding hydrogens is 504 g/mol. The average Bonchev–Trinajstić information content (AvgIpc) is 3.60. The molecule has 3 heterocycles. The van der Waals surface area contributed by atoms with E-state index in [2.05, 4.69) is 10.6 Å². The van der Waals surface area contributed by atoms with E-state index in [4.69, 9.17) is 4.84 Å². The van der Waals surface area contributed by atoms with Gasteiger partial charge < -0.3 is 20.4 Å². The van der Waals surface area contributed by atoms with Crippen molar-refractivity contribution in [3.63, 3.8) is 0 Å². The van der Waals surface area contributed by atoms with E-state index in [1.807, 2.05) is 64.1 Å². The van der Waals surface area contributed by atoms with Crippen molar-refractivity contribution in [1.82, 2.24) is 20.6 Å². The number of rotatable bonds is 9. The summed E-state index contributed by atoms with van der Waals surface area (Å²) in [5, 5.41) is 7.01.